The minimum Gasteiger partial charge on any atom is -0.469 e. The highest BCUT2D eigenvalue weighted by molar-refractivity contribution is 8.00. The summed E-state index contributed by atoms with van der Waals surface area (Å²) in [5, 5.41) is -0.571. The van der Waals surface area contributed by atoms with Gasteiger partial charge in [-0.3, -0.25) is 23.9 Å². The number of nitrogens with two attached hydrogens (primary N) is 1. The maximum atomic E-state index is 12.8. The summed E-state index contributed by atoms with van der Waals surface area (Å²) in [6, 6.07) is 8.49. The van der Waals surface area contributed by atoms with E-state index in [9.17, 15) is 19.2 Å². The second kappa shape index (κ2) is 9.37. The number of esters is 2. The van der Waals surface area contributed by atoms with Crippen LogP contribution < -0.4 is 16.2 Å². The maximum absolute atomic E-state index is 12.8. The Balaban J connectivity index is 1.64. The number of methoxy groups -OCH3 is 1. The lowest BCUT2D eigenvalue weighted by atomic mass is 10.2. The Hall–Kier alpha value is -3.16. The Morgan fingerprint density at radius 1 is 1.30 bits per heavy atom. The standard InChI is InChI=1S/C20H20N4O7S2/c1-9(30-17(27)10-6-4-3-5-7-10)18-31-16(11(32-18)8-12(25)29-2)24-14-13(33-20(24)28)15(26)23-19(21)22-14/h3-7,9,11,16,18H,8H2,1-2H3,(H3,21,22,23,26)/t9-,11?,16?,18?/m0/s1. The fourth-order valence-corrected chi connectivity index (χ4v) is 5.57. The number of carbonyl (C=O) groups excluding carboxylic acids is 2. The molecule has 3 unspecified atom stereocenters. The van der Waals surface area contributed by atoms with Crippen LogP contribution in [0.2, 0.25) is 0 Å². The van der Waals surface area contributed by atoms with Crippen molar-refractivity contribution in [3.8, 4) is 0 Å². The summed E-state index contributed by atoms with van der Waals surface area (Å²) < 4.78 is 17.7. The summed E-state index contributed by atoms with van der Waals surface area (Å²) in [5.74, 6) is -1.19. The minimum atomic E-state index is -0.966. The van der Waals surface area contributed by atoms with Gasteiger partial charge in [-0.05, 0) is 19.1 Å². The van der Waals surface area contributed by atoms with Gasteiger partial charge in [-0.2, -0.15) is 4.98 Å². The van der Waals surface area contributed by atoms with Crippen LogP contribution in [0.1, 0.15) is 29.9 Å². The molecule has 0 bridgehead atoms. The third-order valence-corrected chi connectivity index (χ3v) is 7.38. The highest BCUT2D eigenvalue weighted by Gasteiger charge is 2.43. The molecule has 4 atom stereocenters. The maximum Gasteiger partial charge on any atom is 0.338 e. The van der Waals surface area contributed by atoms with E-state index < -0.39 is 45.4 Å². The third kappa shape index (κ3) is 4.65. The Bertz CT molecular complexity index is 1300. The summed E-state index contributed by atoms with van der Waals surface area (Å²) in [4.78, 5) is 55.4. The number of thiazole rings is 1. The molecule has 11 nitrogen and oxygen atoms in total. The van der Waals surface area contributed by atoms with E-state index in [0.29, 0.717) is 16.9 Å². The van der Waals surface area contributed by atoms with Crippen molar-refractivity contribution in [1.29, 1.82) is 0 Å². The van der Waals surface area contributed by atoms with Gasteiger partial charge in [0.25, 0.3) is 5.56 Å². The van der Waals surface area contributed by atoms with Crippen molar-refractivity contribution >= 4 is 51.3 Å². The smallest absolute Gasteiger partial charge is 0.338 e. The van der Waals surface area contributed by atoms with Crippen LogP contribution in [0.15, 0.2) is 39.9 Å². The number of nitrogens with one attached hydrogen (secondary N) is 1. The van der Waals surface area contributed by atoms with Gasteiger partial charge in [0.05, 0.1) is 24.3 Å². The number of aromatic amines is 1. The number of benzene rings is 1. The van der Waals surface area contributed by atoms with Crippen LogP contribution in [0.4, 0.5) is 5.95 Å². The Kier molecular flexibility index (Phi) is 6.54. The zero-order valence-corrected chi connectivity index (χ0v) is 19.2. The molecule has 3 heterocycles. The van der Waals surface area contributed by atoms with Crippen molar-refractivity contribution in [1.82, 2.24) is 14.5 Å². The summed E-state index contributed by atoms with van der Waals surface area (Å²) in [6.07, 6.45) is -1.76. The van der Waals surface area contributed by atoms with Gasteiger partial charge in [-0.25, -0.2) is 4.79 Å². The zero-order chi connectivity index (χ0) is 23.7. The first-order chi connectivity index (χ1) is 15.8. The number of rotatable bonds is 6. The monoisotopic (exact) mass is 492 g/mol. The first-order valence-electron chi connectivity index (χ1n) is 9.83. The molecule has 174 valence electrons. The number of carbonyl (C=O) groups is 2. The number of aromatic nitrogens is 3. The number of fused-ring (bicyclic) bond motifs is 1. The number of hydrogen-bond donors (Lipinski definition) is 2. The van der Waals surface area contributed by atoms with E-state index >= 15 is 0 Å². The summed E-state index contributed by atoms with van der Waals surface area (Å²) in [7, 11) is 1.26. The van der Waals surface area contributed by atoms with Crippen LogP contribution in [0.3, 0.4) is 0 Å². The molecule has 1 aliphatic heterocycles. The third-order valence-electron chi connectivity index (χ3n) is 4.93. The highest BCUT2D eigenvalue weighted by atomic mass is 32.2. The molecule has 1 aliphatic rings. The van der Waals surface area contributed by atoms with Gasteiger partial charge in [-0.15, -0.1) is 11.8 Å². The molecule has 13 heteroatoms. The number of nitrogen functional groups attached to an aromatic ring is 1. The van der Waals surface area contributed by atoms with Crippen LogP contribution in [0.5, 0.6) is 0 Å². The lowest BCUT2D eigenvalue weighted by molar-refractivity contribution is -0.141. The second-order valence-corrected chi connectivity index (χ2v) is 9.47. The fraction of sp³-hybridized carbons (Fsp3) is 0.350. The summed E-state index contributed by atoms with van der Waals surface area (Å²) in [6.45, 7) is 1.66. The van der Waals surface area contributed by atoms with E-state index in [1.165, 1.54) is 23.4 Å². The van der Waals surface area contributed by atoms with Gasteiger partial charge in [0.15, 0.2) is 11.9 Å². The zero-order valence-electron chi connectivity index (χ0n) is 17.5. The first kappa shape index (κ1) is 23.0. The van der Waals surface area contributed by atoms with Crippen molar-refractivity contribution in [2.24, 2.45) is 0 Å². The minimum absolute atomic E-state index is 0.0568. The number of anilines is 1. The molecule has 3 N–H and O–H groups in total. The van der Waals surface area contributed by atoms with Crippen LogP contribution in [0.25, 0.3) is 10.3 Å². The summed E-state index contributed by atoms with van der Waals surface area (Å²) in [5.41, 5.74) is 4.87. The van der Waals surface area contributed by atoms with E-state index in [0.717, 1.165) is 0 Å². The van der Waals surface area contributed by atoms with Crippen molar-refractivity contribution in [3.63, 3.8) is 0 Å². The number of nitrogens with zero attached hydrogens (tertiary/aromatic N) is 2. The lowest BCUT2D eigenvalue weighted by Gasteiger charge is -2.20. The SMILES string of the molecule is COC(=O)CC1SC([C@H](C)OC(=O)c2ccccc2)OC1n1c(=O)sc2c(=O)[nH]c(N)nc21. The summed E-state index contributed by atoms with van der Waals surface area (Å²) >= 11 is 1.93. The number of thioether (sulfide) groups is 1. The Morgan fingerprint density at radius 3 is 2.73 bits per heavy atom. The number of ether oxygens (including phenoxy) is 3. The topological polar surface area (TPSA) is 156 Å². The normalized spacial score (nSPS) is 21.1. The van der Waals surface area contributed by atoms with E-state index in [2.05, 4.69) is 9.97 Å². The quantitative estimate of drug-likeness (QED) is 0.483. The predicted octanol–water partition coefficient (Wildman–Crippen LogP) is 1.49. The van der Waals surface area contributed by atoms with Gasteiger partial charge in [0.1, 0.15) is 16.2 Å². The molecule has 2 aromatic heterocycles. The molecule has 33 heavy (non-hydrogen) atoms. The fourth-order valence-electron chi connectivity index (χ4n) is 3.38. The Labute approximate surface area is 194 Å². The lowest BCUT2D eigenvalue weighted by Crippen LogP contribution is -2.30. The number of H-pyrrole nitrogens is 1. The molecule has 1 aromatic carbocycles. The van der Waals surface area contributed by atoms with E-state index in [4.69, 9.17) is 19.9 Å². The predicted molar refractivity (Wildman–Crippen MR) is 122 cm³/mol. The molecule has 3 aromatic rings. The van der Waals surface area contributed by atoms with Crippen molar-refractivity contribution in [3.05, 3.63) is 55.9 Å². The molecule has 0 saturated carbocycles. The van der Waals surface area contributed by atoms with Crippen LogP contribution in [-0.2, 0) is 19.0 Å². The van der Waals surface area contributed by atoms with Gasteiger partial charge in [0.2, 0.25) is 5.95 Å². The second-order valence-electron chi connectivity index (χ2n) is 7.17. The molecule has 1 fully saturated rings. The molecule has 1 saturated heterocycles. The van der Waals surface area contributed by atoms with Gasteiger partial charge in [-0.1, -0.05) is 29.5 Å². The largest absolute Gasteiger partial charge is 0.469 e. The van der Waals surface area contributed by atoms with Crippen molar-refractivity contribution < 1.29 is 23.8 Å². The molecule has 0 amide bonds. The van der Waals surface area contributed by atoms with Crippen molar-refractivity contribution in [2.45, 2.75) is 36.4 Å². The average molecular weight is 493 g/mol. The van der Waals surface area contributed by atoms with Gasteiger partial charge in [0, 0.05) is 0 Å². The molecule has 0 spiro atoms. The van der Waals surface area contributed by atoms with Crippen LogP contribution in [-0.4, -0.2) is 50.4 Å². The van der Waals surface area contributed by atoms with Crippen molar-refractivity contribution in [2.75, 3.05) is 12.8 Å². The average Bonchev–Trinajstić information content (AvgIpc) is 3.34. The van der Waals surface area contributed by atoms with Crippen LogP contribution in [0, 0.1) is 0 Å². The number of hydrogen-bond acceptors (Lipinski definition) is 11. The molecule has 4 rings (SSSR count). The molecule has 0 radical (unpaired) electrons. The van der Waals surface area contributed by atoms with E-state index in [-0.39, 0.29) is 22.7 Å². The first-order valence-corrected chi connectivity index (χ1v) is 11.6. The highest BCUT2D eigenvalue weighted by Crippen LogP contribution is 2.43. The molecular weight excluding hydrogens is 472 g/mol. The molecular formula is C20H20N4O7S2. The van der Waals surface area contributed by atoms with Gasteiger partial charge >= 0.3 is 16.8 Å². The Morgan fingerprint density at radius 2 is 2.03 bits per heavy atom. The molecule has 0 aliphatic carbocycles. The van der Waals surface area contributed by atoms with E-state index in [1.54, 1.807) is 37.3 Å². The van der Waals surface area contributed by atoms with Gasteiger partial charge < -0.3 is 19.9 Å². The van der Waals surface area contributed by atoms with E-state index in [1.807, 2.05) is 0 Å². The van der Waals surface area contributed by atoms with Crippen LogP contribution >= 0.6 is 23.1 Å².